The van der Waals surface area contributed by atoms with Crippen LogP contribution >= 0.6 is 0 Å². The molecule has 1 saturated heterocycles. The van der Waals surface area contributed by atoms with Gasteiger partial charge in [-0.05, 0) is 39.2 Å². The minimum atomic E-state index is -2.25. The number of nitrogens with two attached hydrogens (primary N) is 1. The summed E-state index contributed by atoms with van der Waals surface area (Å²) in [7, 11) is 1.28. The third-order valence-electron chi connectivity index (χ3n) is 14.6. The predicted molar refractivity (Wildman–Crippen MR) is 294 cm³/mol. The van der Waals surface area contributed by atoms with E-state index in [4.69, 9.17) is 39.6 Å². The number of nitrogens with zero attached hydrogens (tertiary/aromatic N) is 1. The van der Waals surface area contributed by atoms with Crippen molar-refractivity contribution in [2.24, 2.45) is 11.7 Å². The van der Waals surface area contributed by atoms with E-state index >= 15 is 0 Å². The van der Waals surface area contributed by atoms with Gasteiger partial charge in [0.15, 0.2) is 12.1 Å². The third-order valence-corrected chi connectivity index (χ3v) is 14.6. The van der Waals surface area contributed by atoms with E-state index in [1.165, 1.54) is 58.2 Å². The Morgan fingerprint density at radius 2 is 1.40 bits per heavy atom. The van der Waals surface area contributed by atoms with Crippen molar-refractivity contribution < 1.29 is 102 Å². The monoisotopic (exact) mass is 1190 g/mol. The number of benzene rings is 2. The number of aliphatic hydroxyl groups excluding tert-OH is 2. The molecule has 2 aromatic carbocycles. The maximum absolute atomic E-state index is 14.2. The van der Waals surface area contributed by atoms with Crippen LogP contribution < -0.4 is 37.1 Å². The average molecular weight is 1200 g/mol. The van der Waals surface area contributed by atoms with E-state index in [1.807, 2.05) is 0 Å². The molecule has 0 aromatic heterocycles. The number of aliphatic hydroxyl groups is 3. The number of rotatable bonds is 30. The number of carbonyl (C=O) groups is 10. The van der Waals surface area contributed by atoms with Crippen molar-refractivity contribution in [2.75, 3.05) is 59.9 Å². The fraction of sp³-hybridized carbons (Fsp3) is 0.554. The van der Waals surface area contributed by atoms with Gasteiger partial charge in [0, 0.05) is 54.5 Å². The summed E-state index contributed by atoms with van der Waals surface area (Å²) in [6.45, 7) is 7.59. The van der Waals surface area contributed by atoms with Crippen LogP contribution in [0.15, 0.2) is 30.4 Å². The van der Waals surface area contributed by atoms with Gasteiger partial charge >= 0.3 is 0 Å². The zero-order chi connectivity index (χ0) is 62.6. The lowest BCUT2D eigenvalue weighted by Gasteiger charge is -2.43. The Hall–Kier alpha value is -7.77. The number of primary amides is 1. The molecule has 0 bridgehead atoms. The van der Waals surface area contributed by atoms with Gasteiger partial charge in [-0.2, -0.15) is 0 Å². The fourth-order valence-corrected chi connectivity index (χ4v) is 10.1. The first-order valence-corrected chi connectivity index (χ1v) is 27.5. The average Bonchev–Trinajstić information content (AvgIpc) is 1.69. The summed E-state index contributed by atoms with van der Waals surface area (Å²) in [6.07, 6.45) is -5.58. The number of hydrogen-bond donors (Lipinski definition) is 12. The topological polar surface area (TPSA) is 440 Å². The minimum absolute atomic E-state index is 0.0105. The van der Waals surface area contributed by atoms with Crippen LogP contribution in [0.5, 0.6) is 17.2 Å². The lowest BCUT2D eigenvalue weighted by molar-refractivity contribution is -0.248. The van der Waals surface area contributed by atoms with E-state index in [0.717, 1.165) is 4.90 Å². The number of hydrogen-bond acceptors (Lipinski definition) is 22. The molecule has 0 saturated carbocycles. The van der Waals surface area contributed by atoms with Gasteiger partial charge in [0.05, 0.1) is 107 Å². The third kappa shape index (κ3) is 16.2. The van der Waals surface area contributed by atoms with Crippen molar-refractivity contribution in [2.45, 2.75) is 134 Å². The van der Waals surface area contributed by atoms with Gasteiger partial charge in [-0.3, -0.25) is 52.8 Å². The van der Waals surface area contributed by atoms with Crippen molar-refractivity contribution >= 4 is 64.5 Å². The van der Waals surface area contributed by atoms with Gasteiger partial charge in [-0.15, -0.1) is 0 Å². The maximum Gasteiger partial charge on any atom is 0.253 e. The number of ether oxygens (including phenoxy) is 6. The highest BCUT2D eigenvalue weighted by Gasteiger charge is 2.50. The summed E-state index contributed by atoms with van der Waals surface area (Å²) in [4.78, 5) is 132. The number of imide groups is 1. The number of phenols is 2. The molecule has 10 atom stereocenters. The molecule has 13 N–H and O–H groups in total. The second-order valence-electron chi connectivity index (χ2n) is 21.4. The zero-order valence-corrected chi connectivity index (χ0v) is 47.9. The zero-order valence-electron chi connectivity index (χ0n) is 47.9. The molecule has 2 aromatic rings. The number of amides is 8. The Morgan fingerprint density at radius 1 is 0.800 bits per heavy atom. The van der Waals surface area contributed by atoms with Crippen molar-refractivity contribution in [1.29, 1.82) is 5.41 Å². The molecule has 464 valence electrons. The summed E-state index contributed by atoms with van der Waals surface area (Å²) in [5.41, 5.74) is 0.620. The van der Waals surface area contributed by atoms with Crippen LogP contribution in [0.2, 0.25) is 0 Å². The maximum atomic E-state index is 14.2. The molecule has 2 aliphatic heterocycles. The molecule has 6 rings (SSSR count). The van der Waals surface area contributed by atoms with E-state index in [1.54, 1.807) is 13.8 Å². The van der Waals surface area contributed by atoms with Crippen LogP contribution in [0.1, 0.15) is 116 Å². The Kier molecular flexibility index (Phi) is 22.9. The summed E-state index contributed by atoms with van der Waals surface area (Å²) in [5.74, 6) is -9.53. The van der Waals surface area contributed by atoms with Crippen LogP contribution in [0, 0.1) is 11.3 Å². The molecule has 29 nitrogen and oxygen atoms in total. The summed E-state index contributed by atoms with van der Waals surface area (Å²) in [6, 6.07) is -2.52. The van der Waals surface area contributed by atoms with Gasteiger partial charge in [0.2, 0.25) is 41.2 Å². The van der Waals surface area contributed by atoms with Gasteiger partial charge in [-0.1, -0.05) is 26.0 Å². The second-order valence-corrected chi connectivity index (χ2v) is 21.4. The molecule has 8 amide bonds. The van der Waals surface area contributed by atoms with E-state index in [2.05, 4.69) is 26.6 Å². The van der Waals surface area contributed by atoms with Crippen molar-refractivity contribution in [3.8, 4) is 17.2 Å². The fourth-order valence-electron chi connectivity index (χ4n) is 10.1. The molecule has 4 aliphatic rings. The Balaban J connectivity index is 1.04. The Labute approximate surface area is 488 Å². The smallest absolute Gasteiger partial charge is 0.253 e. The first kappa shape index (κ1) is 66.4. The lowest BCUT2D eigenvalue weighted by atomic mass is 9.71. The van der Waals surface area contributed by atoms with Crippen molar-refractivity contribution in [3.05, 3.63) is 63.7 Å². The van der Waals surface area contributed by atoms with E-state index in [-0.39, 0.29) is 99.4 Å². The number of phenolic OH excluding ortho intramolecular Hbond substituents is 2. The second kappa shape index (κ2) is 29.4. The van der Waals surface area contributed by atoms with Gasteiger partial charge < -0.3 is 91.7 Å². The van der Waals surface area contributed by atoms with E-state index in [0.29, 0.717) is 0 Å². The summed E-state index contributed by atoms with van der Waals surface area (Å²) >= 11 is 0. The molecule has 1 unspecified atom stereocenters. The number of nitrogens with one attached hydrogen (secondary N) is 6. The van der Waals surface area contributed by atoms with E-state index in [9.17, 15) is 73.5 Å². The van der Waals surface area contributed by atoms with Crippen LogP contribution in [0.4, 0.5) is 0 Å². The first-order chi connectivity index (χ1) is 40.2. The highest BCUT2D eigenvalue weighted by atomic mass is 16.7. The number of ketones is 2. The molecular formula is C56H74N8O21. The Bertz CT molecular complexity index is 2930. The van der Waals surface area contributed by atoms with Crippen LogP contribution in [-0.4, -0.2) is 209 Å². The molecule has 0 spiro atoms. The molecule has 0 radical (unpaired) electrons. The number of methoxy groups -OCH3 is 1. The summed E-state index contributed by atoms with van der Waals surface area (Å²) in [5, 5.41) is 78.0. The van der Waals surface area contributed by atoms with Crippen LogP contribution in [0.3, 0.4) is 0 Å². The van der Waals surface area contributed by atoms with Gasteiger partial charge in [0.25, 0.3) is 11.8 Å². The summed E-state index contributed by atoms with van der Waals surface area (Å²) < 4.78 is 33.9. The highest BCUT2D eigenvalue weighted by Crippen LogP contribution is 2.52. The Morgan fingerprint density at radius 3 is 2.02 bits per heavy atom. The molecule has 85 heavy (non-hydrogen) atoms. The molecule has 2 aliphatic carbocycles. The normalized spacial score (nSPS) is 22.1. The number of aromatic hydroxyl groups is 2. The quantitative estimate of drug-likeness (QED) is 0.0147. The lowest BCUT2D eigenvalue weighted by Crippen LogP contribution is -2.61. The minimum Gasteiger partial charge on any atom is -0.507 e. The molecule has 2 heterocycles. The standard InChI is InChI=1S/C56H74N8O21/c1-26(2)20-33(63-55(78)34(21-38(58)66)62-53(76)28(4)60-52(75)27(3)59-39(67)12-14-81-16-18-83-19-17-82-15-13-64-40(68)10-11-41(64)69)54(77)61-32-22-42(84-29(5)47(32)70)85-36-24-56(79,37(57)25-65)23-31-44(36)51(74)46-45(49(31)72)48(71)30-8-7-9-35(80-6)43(30)50(46)73/h7-11,26-29,32-34,36,42,47,57,65,70,72,74,79H,12-25H2,1-6H3,(H2,58,66)(H,59,67)(H,60,75)(H,61,77)(H,62,76)(H,63,78)/t27-,28-,29+,32+,33?,34-,36+,42+,47-,56+/m1/s1. The molecule has 1 fully saturated rings. The molecular weight excluding hydrogens is 1120 g/mol. The predicted octanol–water partition coefficient (Wildman–Crippen LogP) is -2.13. The molecule has 29 heteroatoms. The SMILES string of the molecule is COc1cccc2c1C(=O)c1c(O)c3c(c(O)c1C2=O)C[C@@](O)(C(=N)CO)C[C@@H]3O[C@H]1C[C@H](NC(=O)C(CC(C)C)NC(=O)[C@@H](CC(N)=O)NC(=O)[C@@H](C)NC(=O)[C@@H](C)NC(=O)CCOCCOCCOCCN2C(=O)C=CC2=O)[C@H](O)[C@H](C)O1. The van der Waals surface area contributed by atoms with Crippen molar-refractivity contribution in [3.63, 3.8) is 0 Å². The van der Waals surface area contributed by atoms with Gasteiger partial charge in [0.1, 0.15) is 53.1 Å². The number of fused-ring (bicyclic) bond motifs is 3. The first-order valence-electron chi connectivity index (χ1n) is 27.5. The highest BCUT2D eigenvalue weighted by molar-refractivity contribution is 6.31. The van der Waals surface area contributed by atoms with E-state index < -0.39 is 173 Å². The van der Waals surface area contributed by atoms with Gasteiger partial charge in [-0.25, -0.2) is 0 Å². The van der Waals surface area contributed by atoms with Crippen LogP contribution in [-0.2, 0) is 68.5 Å². The number of carbonyl (C=O) groups excluding carboxylic acids is 10. The van der Waals surface area contributed by atoms with Crippen LogP contribution in [0.25, 0.3) is 0 Å². The van der Waals surface area contributed by atoms with Crippen molar-refractivity contribution in [1.82, 2.24) is 31.5 Å². The largest absolute Gasteiger partial charge is 0.507 e.